The van der Waals surface area contributed by atoms with E-state index in [4.69, 9.17) is 0 Å². The summed E-state index contributed by atoms with van der Waals surface area (Å²) >= 11 is 0. The normalized spacial score (nSPS) is 19.9. The molecular formula is C16H26N2. The zero-order valence-corrected chi connectivity index (χ0v) is 11.7. The molecule has 0 spiro atoms. The van der Waals surface area contributed by atoms with Gasteiger partial charge in [-0.1, -0.05) is 37.3 Å². The van der Waals surface area contributed by atoms with Crippen LogP contribution in [0.1, 0.15) is 38.3 Å². The van der Waals surface area contributed by atoms with Crippen molar-refractivity contribution in [2.75, 3.05) is 26.2 Å². The molecule has 1 N–H and O–H groups in total. The van der Waals surface area contributed by atoms with Gasteiger partial charge in [-0.3, -0.25) is 0 Å². The summed E-state index contributed by atoms with van der Waals surface area (Å²) in [6.45, 7) is 9.45. The number of nitrogens with one attached hydrogen (secondary N) is 1. The smallest absolute Gasteiger partial charge is 0.0291 e. The molecule has 0 radical (unpaired) electrons. The third kappa shape index (κ3) is 3.82. The molecule has 2 heteroatoms. The van der Waals surface area contributed by atoms with E-state index >= 15 is 0 Å². The maximum absolute atomic E-state index is 3.68. The Morgan fingerprint density at radius 2 is 1.89 bits per heavy atom. The molecule has 100 valence electrons. The maximum atomic E-state index is 3.68. The number of nitrogens with zero attached hydrogens (tertiary/aromatic N) is 1. The van der Waals surface area contributed by atoms with Crippen LogP contribution in [0.5, 0.6) is 0 Å². The quantitative estimate of drug-likeness (QED) is 0.859. The highest BCUT2D eigenvalue weighted by Gasteiger charge is 2.18. The van der Waals surface area contributed by atoms with E-state index in [1.165, 1.54) is 38.0 Å². The van der Waals surface area contributed by atoms with E-state index in [1.54, 1.807) is 0 Å². The van der Waals surface area contributed by atoms with E-state index in [0.29, 0.717) is 6.04 Å². The van der Waals surface area contributed by atoms with Crippen molar-refractivity contribution in [1.29, 1.82) is 0 Å². The fraction of sp³-hybridized carbons (Fsp3) is 0.625. The molecule has 18 heavy (non-hydrogen) atoms. The number of hydrogen-bond acceptors (Lipinski definition) is 2. The van der Waals surface area contributed by atoms with Gasteiger partial charge in [-0.25, -0.2) is 0 Å². The second-order valence-electron chi connectivity index (χ2n) is 5.42. The summed E-state index contributed by atoms with van der Waals surface area (Å²) in [5, 5.41) is 3.68. The van der Waals surface area contributed by atoms with Crippen LogP contribution in [0.2, 0.25) is 0 Å². The average Bonchev–Trinajstić information content (AvgIpc) is 2.46. The van der Waals surface area contributed by atoms with Crippen LogP contribution in [0.3, 0.4) is 0 Å². The van der Waals surface area contributed by atoms with Gasteiger partial charge in [0.1, 0.15) is 0 Å². The molecule has 1 saturated heterocycles. The molecule has 0 aromatic heterocycles. The van der Waals surface area contributed by atoms with Crippen molar-refractivity contribution in [3.8, 4) is 0 Å². The van der Waals surface area contributed by atoms with Gasteiger partial charge in [0.05, 0.1) is 0 Å². The highest BCUT2D eigenvalue weighted by atomic mass is 15.1. The van der Waals surface area contributed by atoms with Crippen LogP contribution in [0.4, 0.5) is 0 Å². The van der Waals surface area contributed by atoms with Crippen molar-refractivity contribution in [1.82, 2.24) is 10.2 Å². The first kappa shape index (κ1) is 13.6. The number of benzene rings is 1. The Hall–Kier alpha value is -0.860. The molecule has 2 rings (SSSR count). The number of hydrogen-bond donors (Lipinski definition) is 1. The second-order valence-corrected chi connectivity index (χ2v) is 5.42. The van der Waals surface area contributed by atoms with Gasteiger partial charge in [-0.05, 0) is 57.4 Å². The summed E-state index contributed by atoms with van der Waals surface area (Å²) in [5.41, 5.74) is 1.39. The molecule has 0 bridgehead atoms. The summed E-state index contributed by atoms with van der Waals surface area (Å²) in [7, 11) is 0. The van der Waals surface area contributed by atoms with Crippen LogP contribution in [-0.4, -0.2) is 31.1 Å². The topological polar surface area (TPSA) is 15.3 Å². The van der Waals surface area contributed by atoms with E-state index < -0.39 is 0 Å². The van der Waals surface area contributed by atoms with Crippen molar-refractivity contribution in [3.63, 3.8) is 0 Å². The minimum atomic E-state index is 0.468. The average molecular weight is 246 g/mol. The Labute approximate surface area is 111 Å². The first-order chi connectivity index (χ1) is 8.79. The number of rotatable bonds is 5. The largest absolute Gasteiger partial charge is 0.310 e. The molecule has 1 aromatic carbocycles. The highest BCUT2D eigenvalue weighted by molar-refractivity contribution is 5.17. The fourth-order valence-corrected chi connectivity index (χ4v) is 2.71. The molecule has 0 amide bonds. The molecule has 1 heterocycles. The summed E-state index contributed by atoms with van der Waals surface area (Å²) in [4.78, 5) is 2.55. The van der Waals surface area contributed by atoms with Crippen molar-refractivity contribution < 1.29 is 0 Å². The lowest BCUT2D eigenvalue weighted by Crippen LogP contribution is -2.37. The van der Waals surface area contributed by atoms with E-state index in [0.717, 1.165) is 12.5 Å². The Morgan fingerprint density at radius 3 is 2.50 bits per heavy atom. The van der Waals surface area contributed by atoms with Crippen LogP contribution >= 0.6 is 0 Å². The minimum Gasteiger partial charge on any atom is -0.310 e. The fourth-order valence-electron chi connectivity index (χ4n) is 2.71. The lowest BCUT2D eigenvalue weighted by Gasteiger charge is -2.31. The van der Waals surface area contributed by atoms with Crippen LogP contribution in [0.25, 0.3) is 0 Å². The summed E-state index contributed by atoms with van der Waals surface area (Å²) in [6.07, 6.45) is 2.70. The molecule has 1 aliphatic heterocycles. The third-order valence-corrected chi connectivity index (χ3v) is 4.17. The summed E-state index contributed by atoms with van der Waals surface area (Å²) in [6, 6.07) is 11.2. The van der Waals surface area contributed by atoms with Crippen molar-refractivity contribution >= 4 is 0 Å². The molecule has 1 aromatic rings. The predicted octanol–water partition coefficient (Wildman–Crippen LogP) is 3.07. The first-order valence-electron chi connectivity index (χ1n) is 7.30. The molecule has 0 aliphatic carbocycles. The van der Waals surface area contributed by atoms with Gasteiger partial charge < -0.3 is 10.2 Å². The van der Waals surface area contributed by atoms with Gasteiger partial charge in [0.15, 0.2) is 0 Å². The van der Waals surface area contributed by atoms with Crippen LogP contribution in [0, 0.1) is 5.92 Å². The van der Waals surface area contributed by atoms with Gasteiger partial charge in [0, 0.05) is 6.04 Å². The van der Waals surface area contributed by atoms with Crippen LogP contribution in [-0.2, 0) is 0 Å². The summed E-state index contributed by atoms with van der Waals surface area (Å²) < 4.78 is 0. The first-order valence-corrected chi connectivity index (χ1v) is 7.30. The molecule has 1 atom stereocenters. The molecule has 0 saturated carbocycles. The number of likely N-dealkylation sites (tertiary alicyclic amines) is 1. The lowest BCUT2D eigenvalue weighted by molar-refractivity contribution is 0.188. The Balaban J connectivity index is 1.72. The minimum absolute atomic E-state index is 0.468. The maximum Gasteiger partial charge on any atom is 0.0291 e. The van der Waals surface area contributed by atoms with Gasteiger partial charge in [-0.15, -0.1) is 0 Å². The van der Waals surface area contributed by atoms with Crippen LogP contribution < -0.4 is 5.32 Å². The monoisotopic (exact) mass is 246 g/mol. The molecule has 1 fully saturated rings. The van der Waals surface area contributed by atoms with E-state index in [-0.39, 0.29) is 0 Å². The van der Waals surface area contributed by atoms with E-state index in [2.05, 4.69) is 54.4 Å². The predicted molar refractivity (Wildman–Crippen MR) is 77.7 cm³/mol. The van der Waals surface area contributed by atoms with Gasteiger partial charge in [0.25, 0.3) is 0 Å². The standard InChI is InChI=1S/C16H26N2/c1-3-18-11-9-15(10-12-18)13-17-14(2)16-7-5-4-6-8-16/h4-8,14-15,17H,3,9-13H2,1-2H3. The van der Waals surface area contributed by atoms with E-state index in [9.17, 15) is 0 Å². The second kappa shape index (κ2) is 6.91. The lowest BCUT2D eigenvalue weighted by atomic mass is 9.96. The van der Waals surface area contributed by atoms with Gasteiger partial charge in [0.2, 0.25) is 0 Å². The van der Waals surface area contributed by atoms with Gasteiger partial charge >= 0.3 is 0 Å². The Morgan fingerprint density at radius 1 is 1.22 bits per heavy atom. The molecule has 1 aliphatic rings. The third-order valence-electron chi connectivity index (χ3n) is 4.17. The molecule has 2 nitrogen and oxygen atoms in total. The zero-order valence-electron chi connectivity index (χ0n) is 11.7. The Bertz CT molecular complexity index is 328. The van der Waals surface area contributed by atoms with Gasteiger partial charge in [-0.2, -0.15) is 0 Å². The molecular weight excluding hydrogens is 220 g/mol. The SMILES string of the molecule is CCN1CCC(CNC(C)c2ccccc2)CC1. The molecule has 1 unspecified atom stereocenters. The summed E-state index contributed by atoms with van der Waals surface area (Å²) in [5.74, 6) is 0.860. The Kier molecular flexibility index (Phi) is 5.21. The van der Waals surface area contributed by atoms with Crippen molar-refractivity contribution in [2.24, 2.45) is 5.92 Å². The van der Waals surface area contributed by atoms with Crippen molar-refractivity contribution in [2.45, 2.75) is 32.7 Å². The number of piperidine rings is 1. The van der Waals surface area contributed by atoms with Crippen molar-refractivity contribution in [3.05, 3.63) is 35.9 Å². The zero-order chi connectivity index (χ0) is 12.8. The van der Waals surface area contributed by atoms with Crippen LogP contribution in [0.15, 0.2) is 30.3 Å². The van der Waals surface area contributed by atoms with E-state index in [1.807, 2.05) is 0 Å². The highest BCUT2D eigenvalue weighted by Crippen LogP contribution is 2.18.